The lowest BCUT2D eigenvalue weighted by molar-refractivity contribution is 0.0693. The summed E-state index contributed by atoms with van der Waals surface area (Å²) in [6, 6.07) is 6.59. The summed E-state index contributed by atoms with van der Waals surface area (Å²) < 4.78 is 0. The van der Waals surface area contributed by atoms with E-state index in [1.165, 1.54) is 24.6 Å². The molecule has 4 nitrogen and oxygen atoms in total. The SMILES string of the molecule is CSc1cccc(N2CCN(C3CC3)CC2)c1C(=O)O. The minimum atomic E-state index is -0.824. The average molecular weight is 292 g/mol. The van der Waals surface area contributed by atoms with Crippen LogP contribution < -0.4 is 4.90 Å². The number of carbonyl (C=O) groups is 1. The van der Waals surface area contributed by atoms with Gasteiger partial charge < -0.3 is 10.0 Å². The highest BCUT2D eigenvalue weighted by Crippen LogP contribution is 2.32. The van der Waals surface area contributed by atoms with Crippen LogP contribution in [0.1, 0.15) is 23.2 Å². The van der Waals surface area contributed by atoms with Crippen molar-refractivity contribution in [1.82, 2.24) is 4.90 Å². The van der Waals surface area contributed by atoms with Crippen molar-refractivity contribution < 1.29 is 9.90 Å². The summed E-state index contributed by atoms with van der Waals surface area (Å²) in [4.78, 5) is 17.2. The van der Waals surface area contributed by atoms with Crippen molar-refractivity contribution >= 4 is 23.4 Å². The zero-order valence-electron chi connectivity index (χ0n) is 11.7. The van der Waals surface area contributed by atoms with Gasteiger partial charge in [-0.05, 0) is 31.2 Å². The van der Waals surface area contributed by atoms with E-state index >= 15 is 0 Å². The number of hydrogen-bond donors (Lipinski definition) is 1. The van der Waals surface area contributed by atoms with Crippen LogP contribution in [0.25, 0.3) is 0 Å². The molecular formula is C15H20N2O2S. The molecule has 0 radical (unpaired) electrons. The second-order valence-electron chi connectivity index (χ2n) is 5.41. The van der Waals surface area contributed by atoms with E-state index in [1.807, 2.05) is 24.5 Å². The van der Waals surface area contributed by atoms with Gasteiger partial charge in [0, 0.05) is 37.1 Å². The van der Waals surface area contributed by atoms with Crippen LogP contribution in [0.2, 0.25) is 0 Å². The fraction of sp³-hybridized carbons (Fsp3) is 0.533. The zero-order valence-corrected chi connectivity index (χ0v) is 12.5. The molecule has 1 aliphatic carbocycles. The number of piperazine rings is 1. The fourth-order valence-corrected chi connectivity index (χ4v) is 3.55. The maximum absolute atomic E-state index is 11.6. The van der Waals surface area contributed by atoms with Gasteiger partial charge in [-0.3, -0.25) is 4.90 Å². The van der Waals surface area contributed by atoms with Crippen LogP contribution in [0, 0.1) is 0 Å². The summed E-state index contributed by atoms with van der Waals surface area (Å²) in [7, 11) is 0. The highest BCUT2D eigenvalue weighted by atomic mass is 32.2. The van der Waals surface area contributed by atoms with E-state index in [9.17, 15) is 9.90 Å². The standard InChI is InChI=1S/C15H20N2O2S/c1-20-13-4-2-3-12(14(13)15(18)19)17-9-7-16(8-10-17)11-5-6-11/h2-4,11H,5-10H2,1H3,(H,18,19). The number of hydrogen-bond acceptors (Lipinski definition) is 4. The van der Waals surface area contributed by atoms with Crippen molar-refractivity contribution in [1.29, 1.82) is 0 Å². The van der Waals surface area contributed by atoms with E-state index in [0.717, 1.165) is 42.8 Å². The average Bonchev–Trinajstić information content (AvgIpc) is 3.31. The molecule has 3 rings (SSSR count). The number of carboxylic acids is 1. The van der Waals surface area contributed by atoms with Gasteiger partial charge in [-0.2, -0.15) is 0 Å². The van der Waals surface area contributed by atoms with Crippen LogP contribution in [-0.4, -0.2) is 54.5 Å². The fourth-order valence-electron chi connectivity index (χ4n) is 2.94. The third kappa shape index (κ3) is 2.65. The van der Waals surface area contributed by atoms with Crippen LogP contribution in [0.15, 0.2) is 23.1 Å². The Morgan fingerprint density at radius 1 is 1.25 bits per heavy atom. The van der Waals surface area contributed by atoms with Gasteiger partial charge in [-0.15, -0.1) is 11.8 Å². The van der Waals surface area contributed by atoms with E-state index in [0.29, 0.717) is 5.56 Å². The summed E-state index contributed by atoms with van der Waals surface area (Å²) in [6.07, 6.45) is 4.60. The molecule has 0 atom stereocenters. The molecule has 2 aliphatic rings. The molecule has 1 heterocycles. The number of thioether (sulfide) groups is 1. The molecule has 0 unspecified atom stereocenters. The largest absolute Gasteiger partial charge is 0.478 e. The number of carboxylic acid groups (broad SMARTS) is 1. The zero-order chi connectivity index (χ0) is 14.1. The molecule has 2 fully saturated rings. The normalized spacial score (nSPS) is 20.1. The number of aromatic carboxylic acids is 1. The molecular weight excluding hydrogens is 272 g/mol. The first kappa shape index (κ1) is 13.8. The third-order valence-corrected chi connectivity index (χ3v) is 4.94. The lowest BCUT2D eigenvalue weighted by Crippen LogP contribution is -2.47. The van der Waals surface area contributed by atoms with Gasteiger partial charge in [0.05, 0.1) is 11.3 Å². The van der Waals surface area contributed by atoms with Crippen LogP contribution in [0.5, 0.6) is 0 Å². The summed E-state index contributed by atoms with van der Waals surface area (Å²) >= 11 is 1.50. The lowest BCUT2D eigenvalue weighted by Gasteiger charge is -2.37. The minimum absolute atomic E-state index is 0.458. The van der Waals surface area contributed by atoms with E-state index in [-0.39, 0.29) is 0 Å². The number of anilines is 1. The molecule has 108 valence electrons. The summed E-state index contributed by atoms with van der Waals surface area (Å²) in [5.74, 6) is -0.824. The Bertz CT molecular complexity index is 509. The predicted octanol–water partition coefficient (Wildman–Crippen LogP) is 2.39. The summed E-state index contributed by atoms with van der Waals surface area (Å²) in [5, 5.41) is 9.51. The second kappa shape index (κ2) is 5.66. The Morgan fingerprint density at radius 2 is 1.95 bits per heavy atom. The molecule has 1 saturated carbocycles. The maximum Gasteiger partial charge on any atom is 0.338 e. The lowest BCUT2D eigenvalue weighted by atomic mass is 10.1. The van der Waals surface area contributed by atoms with Crippen LogP contribution in [0.3, 0.4) is 0 Å². The number of rotatable bonds is 4. The topological polar surface area (TPSA) is 43.8 Å². The van der Waals surface area contributed by atoms with Crippen molar-refractivity contribution in [2.75, 3.05) is 37.3 Å². The Labute approximate surface area is 123 Å². The molecule has 1 aliphatic heterocycles. The van der Waals surface area contributed by atoms with Crippen molar-refractivity contribution in [3.8, 4) is 0 Å². The number of benzene rings is 1. The van der Waals surface area contributed by atoms with Gasteiger partial charge in [0.1, 0.15) is 0 Å². The van der Waals surface area contributed by atoms with E-state index < -0.39 is 5.97 Å². The van der Waals surface area contributed by atoms with Crippen molar-refractivity contribution in [2.24, 2.45) is 0 Å². The first-order valence-electron chi connectivity index (χ1n) is 7.10. The second-order valence-corrected chi connectivity index (χ2v) is 6.26. The van der Waals surface area contributed by atoms with E-state index in [4.69, 9.17) is 0 Å². The summed E-state index contributed by atoms with van der Waals surface area (Å²) in [5.41, 5.74) is 1.33. The first-order valence-corrected chi connectivity index (χ1v) is 8.32. The number of nitrogens with zero attached hydrogens (tertiary/aromatic N) is 2. The van der Waals surface area contributed by atoms with Gasteiger partial charge in [-0.1, -0.05) is 6.07 Å². The van der Waals surface area contributed by atoms with Gasteiger partial charge in [0.2, 0.25) is 0 Å². The van der Waals surface area contributed by atoms with Crippen molar-refractivity contribution in [3.05, 3.63) is 23.8 Å². The Balaban J connectivity index is 1.81. The molecule has 1 aromatic carbocycles. The molecule has 1 N–H and O–H groups in total. The third-order valence-electron chi connectivity index (χ3n) is 4.16. The molecule has 1 saturated heterocycles. The van der Waals surface area contributed by atoms with Crippen LogP contribution in [0.4, 0.5) is 5.69 Å². The van der Waals surface area contributed by atoms with Crippen LogP contribution in [-0.2, 0) is 0 Å². The minimum Gasteiger partial charge on any atom is -0.478 e. The Morgan fingerprint density at radius 3 is 2.50 bits per heavy atom. The highest BCUT2D eigenvalue weighted by Gasteiger charge is 2.32. The maximum atomic E-state index is 11.6. The quantitative estimate of drug-likeness (QED) is 0.863. The van der Waals surface area contributed by atoms with E-state index in [1.54, 1.807) is 0 Å². The molecule has 0 amide bonds. The summed E-state index contributed by atoms with van der Waals surface area (Å²) in [6.45, 7) is 3.95. The van der Waals surface area contributed by atoms with Crippen molar-refractivity contribution in [2.45, 2.75) is 23.8 Å². The predicted molar refractivity (Wildman–Crippen MR) is 82.0 cm³/mol. The molecule has 5 heteroatoms. The first-order chi connectivity index (χ1) is 9.70. The monoisotopic (exact) mass is 292 g/mol. The molecule has 0 spiro atoms. The Hall–Kier alpha value is -1.20. The van der Waals surface area contributed by atoms with Crippen molar-refractivity contribution in [3.63, 3.8) is 0 Å². The van der Waals surface area contributed by atoms with Gasteiger partial charge in [0.25, 0.3) is 0 Å². The van der Waals surface area contributed by atoms with Gasteiger partial charge >= 0.3 is 5.97 Å². The van der Waals surface area contributed by atoms with Gasteiger partial charge in [-0.25, -0.2) is 4.79 Å². The molecule has 1 aromatic rings. The van der Waals surface area contributed by atoms with Gasteiger partial charge in [0.15, 0.2) is 0 Å². The Kier molecular flexibility index (Phi) is 3.89. The smallest absolute Gasteiger partial charge is 0.338 e. The van der Waals surface area contributed by atoms with Crippen LogP contribution >= 0.6 is 11.8 Å². The molecule has 0 bridgehead atoms. The molecule has 20 heavy (non-hydrogen) atoms. The highest BCUT2D eigenvalue weighted by molar-refractivity contribution is 7.98. The van der Waals surface area contributed by atoms with E-state index in [2.05, 4.69) is 9.80 Å². The molecule has 0 aromatic heterocycles.